The molecule has 0 N–H and O–H groups in total. The topological polar surface area (TPSA) is 41.9 Å². The van der Waals surface area contributed by atoms with E-state index in [1.165, 1.54) is 0 Å². The molecule has 1 aromatic heterocycles. The second kappa shape index (κ2) is 6.48. The second-order valence-electron chi connectivity index (χ2n) is 4.62. The van der Waals surface area contributed by atoms with E-state index >= 15 is 0 Å². The predicted molar refractivity (Wildman–Crippen MR) is 83.0 cm³/mol. The van der Waals surface area contributed by atoms with Gasteiger partial charge in [-0.1, -0.05) is 35.9 Å². The lowest BCUT2D eigenvalue weighted by atomic mass is 10.2. The van der Waals surface area contributed by atoms with E-state index in [-0.39, 0.29) is 0 Å². The van der Waals surface area contributed by atoms with Crippen molar-refractivity contribution in [2.75, 3.05) is 18.0 Å². The monoisotopic (exact) mass is 288 g/mol. The molecule has 1 aromatic carbocycles. The molecule has 20 heavy (non-hydrogen) atoms. The molecule has 0 aliphatic carbocycles. The first-order valence-electron chi connectivity index (χ1n) is 6.45. The van der Waals surface area contributed by atoms with Crippen molar-refractivity contribution in [1.82, 2.24) is 15.2 Å². The number of likely N-dealkylation sites (N-methyl/N-ethyl adjacent to an activating group) is 1. The molecule has 0 aliphatic heterocycles. The van der Waals surface area contributed by atoms with Crippen LogP contribution in [0.15, 0.2) is 42.6 Å². The zero-order chi connectivity index (χ0) is 14.5. The quantitative estimate of drug-likeness (QED) is 0.789. The number of benzene rings is 1. The Morgan fingerprint density at radius 3 is 2.60 bits per heavy atom. The summed E-state index contributed by atoms with van der Waals surface area (Å²) in [5.41, 5.74) is 2.82. The highest BCUT2D eigenvalue weighted by atomic mass is 35.5. The largest absolute Gasteiger partial charge is 0.336 e. The highest BCUT2D eigenvalue weighted by Crippen LogP contribution is 2.20. The Labute approximate surface area is 124 Å². The molecule has 0 saturated carbocycles. The molecule has 2 rings (SSSR count). The number of rotatable bonds is 5. The SMILES string of the molecule is C=C(C)CN(CC)c1nncc(-c2ccc(Cl)cc2)n1. The smallest absolute Gasteiger partial charge is 0.246 e. The van der Waals surface area contributed by atoms with Gasteiger partial charge in [-0.2, -0.15) is 5.10 Å². The summed E-state index contributed by atoms with van der Waals surface area (Å²) in [5.74, 6) is 0.614. The maximum Gasteiger partial charge on any atom is 0.246 e. The zero-order valence-corrected chi connectivity index (χ0v) is 12.4. The molecule has 5 heteroatoms. The summed E-state index contributed by atoms with van der Waals surface area (Å²) < 4.78 is 0. The van der Waals surface area contributed by atoms with E-state index in [0.717, 1.165) is 29.9 Å². The molecule has 0 amide bonds. The fourth-order valence-corrected chi connectivity index (χ4v) is 1.96. The fourth-order valence-electron chi connectivity index (χ4n) is 1.84. The van der Waals surface area contributed by atoms with Crippen LogP contribution in [0, 0.1) is 0 Å². The van der Waals surface area contributed by atoms with Crippen LogP contribution in [0.4, 0.5) is 5.95 Å². The van der Waals surface area contributed by atoms with Gasteiger partial charge in [-0.05, 0) is 26.0 Å². The van der Waals surface area contributed by atoms with Crippen LogP contribution in [0.25, 0.3) is 11.3 Å². The molecular formula is C15H17ClN4. The standard InChI is InChI=1S/C15H17ClN4/c1-4-20(10-11(2)3)15-18-14(9-17-19-15)12-5-7-13(16)8-6-12/h5-9H,2,4,10H2,1,3H3. The van der Waals surface area contributed by atoms with E-state index in [9.17, 15) is 0 Å². The molecule has 0 unspecified atom stereocenters. The molecule has 0 radical (unpaired) electrons. The molecule has 0 saturated heterocycles. The van der Waals surface area contributed by atoms with Gasteiger partial charge in [0, 0.05) is 23.7 Å². The zero-order valence-electron chi connectivity index (χ0n) is 11.7. The van der Waals surface area contributed by atoms with Crippen LogP contribution in [0.2, 0.25) is 5.02 Å². The first kappa shape index (κ1) is 14.5. The molecule has 2 aromatic rings. The van der Waals surface area contributed by atoms with Gasteiger partial charge < -0.3 is 4.90 Å². The highest BCUT2D eigenvalue weighted by Gasteiger charge is 2.10. The Hall–Kier alpha value is -1.94. The molecule has 1 heterocycles. The number of halogens is 1. The van der Waals surface area contributed by atoms with E-state index in [0.29, 0.717) is 11.0 Å². The van der Waals surface area contributed by atoms with Crippen LogP contribution >= 0.6 is 11.6 Å². The first-order chi connectivity index (χ1) is 9.60. The van der Waals surface area contributed by atoms with Gasteiger partial charge in [0.2, 0.25) is 5.95 Å². The van der Waals surface area contributed by atoms with Gasteiger partial charge in [0.15, 0.2) is 0 Å². The minimum absolute atomic E-state index is 0.614. The summed E-state index contributed by atoms with van der Waals surface area (Å²) >= 11 is 5.89. The number of nitrogens with zero attached hydrogens (tertiary/aromatic N) is 4. The van der Waals surface area contributed by atoms with Crippen LogP contribution < -0.4 is 4.90 Å². The van der Waals surface area contributed by atoms with Crippen molar-refractivity contribution in [3.05, 3.63) is 47.6 Å². The van der Waals surface area contributed by atoms with E-state index in [1.54, 1.807) is 6.20 Å². The van der Waals surface area contributed by atoms with Crippen LogP contribution in [-0.2, 0) is 0 Å². The second-order valence-corrected chi connectivity index (χ2v) is 5.06. The van der Waals surface area contributed by atoms with Gasteiger partial charge in [0.25, 0.3) is 0 Å². The summed E-state index contributed by atoms with van der Waals surface area (Å²) in [5, 5.41) is 8.85. The molecule has 4 nitrogen and oxygen atoms in total. The highest BCUT2D eigenvalue weighted by molar-refractivity contribution is 6.30. The molecule has 104 valence electrons. The van der Waals surface area contributed by atoms with Crippen LogP contribution in [-0.4, -0.2) is 28.3 Å². The van der Waals surface area contributed by atoms with Crippen molar-refractivity contribution in [3.8, 4) is 11.3 Å². The lowest BCUT2D eigenvalue weighted by Gasteiger charge is -2.20. The fraction of sp³-hybridized carbons (Fsp3) is 0.267. The molecule has 0 fully saturated rings. The van der Waals surface area contributed by atoms with Crippen molar-refractivity contribution >= 4 is 17.5 Å². The van der Waals surface area contributed by atoms with Crippen molar-refractivity contribution in [2.24, 2.45) is 0 Å². The van der Waals surface area contributed by atoms with Gasteiger partial charge in [0.1, 0.15) is 0 Å². The molecule has 0 aliphatic rings. The summed E-state index contributed by atoms with van der Waals surface area (Å²) in [6.07, 6.45) is 1.65. The van der Waals surface area contributed by atoms with E-state index in [2.05, 4.69) is 28.7 Å². The lowest BCUT2D eigenvalue weighted by Crippen LogP contribution is -2.26. The Kier molecular flexibility index (Phi) is 4.69. The normalized spacial score (nSPS) is 10.3. The molecule has 0 atom stereocenters. The third-order valence-electron chi connectivity index (χ3n) is 2.81. The number of aromatic nitrogens is 3. The van der Waals surface area contributed by atoms with Gasteiger partial charge in [-0.25, -0.2) is 4.98 Å². The Morgan fingerprint density at radius 2 is 2.00 bits per heavy atom. The van der Waals surface area contributed by atoms with E-state index < -0.39 is 0 Å². The van der Waals surface area contributed by atoms with E-state index in [1.807, 2.05) is 36.1 Å². The van der Waals surface area contributed by atoms with Crippen molar-refractivity contribution < 1.29 is 0 Å². The van der Waals surface area contributed by atoms with Crippen LogP contribution in [0.1, 0.15) is 13.8 Å². The molecule has 0 bridgehead atoms. The average Bonchev–Trinajstić information content (AvgIpc) is 2.45. The maximum absolute atomic E-state index is 5.89. The average molecular weight is 289 g/mol. The van der Waals surface area contributed by atoms with Gasteiger partial charge >= 0.3 is 0 Å². The summed E-state index contributed by atoms with van der Waals surface area (Å²) in [6, 6.07) is 7.52. The maximum atomic E-state index is 5.89. The van der Waals surface area contributed by atoms with Gasteiger partial charge in [0.05, 0.1) is 11.9 Å². The van der Waals surface area contributed by atoms with E-state index in [4.69, 9.17) is 11.6 Å². The first-order valence-corrected chi connectivity index (χ1v) is 6.83. The van der Waals surface area contributed by atoms with Crippen LogP contribution in [0.3, 0.4) is 0 Å². The number of hydrogen-bond acceptors (Lipinski definition) is 4. The number of anilines is 1. The Morgan fingerprint density at radius 1 is 1.30 bits per heavy atom. The van der Waals surface area contributed by atoms with Crippen molar-refractivity contribution in [2.45, 2.75) is 13.8 Å². The molecular weight excluding hydrogens is 272 g/mol. The Balaban J connectivity index is 2.31. The van der Waals surface area contributed by atoms with Crippen LogP contribution in [0.5, 0.6) is 0 Å². The third-order valence-corrected chi connectivity index (χ3v) is 3.06. The third kappa shape index (κ3) is 3.54. The molecule has 0 spiro atoms. The van der Waals surface area contributed by atoms with Gasteiger partial charge in [-0.3, -0.25) is 0 Å². The van der Waals surface area contributed by atoms with Gasteiger partial charge in [-0.15, -0.1) is 5.10 Å². The van der Waals surface area contributed by atoms with Crippen molar-refractivity contribution in [1.29, 1.82) is 0 Å². The lowest BCUT2D eigenvalue weighted by molar-refractivity contribution is 0.806. The Bertz CT molecular complexity index is 595. The summed E-state index contributed by atoms with van der Waals surface area (Å²) in [6.45, 7) is 9.50. The number of hydrogen-bond donors (Lipinski definition) is 0. The predicted octanol–water partition coefficient (Wildman–Crippen LogP) is 3.59. The van der Waals surface area contributed by atoms with Crippen molar-refractivity contribution in [3.63, 3.8) is 0 Å². The minimum Gasteiger partial charge on any atom is -0.336 e. The summed E-state index contributed by atoms with van der Waals surface area (Å²) in [7, 11) is 0. The minimum atomic E-state index is 0.614. The summed E-state index contributed by atoms with van der Waals surface area (Å²) in [4.78, 5) is 6.60.